The van der Waals surface area contributed by atoms with Crippen LogP contribution in [0, 0.1) is 13.8 Å². The number of rotatable bonds is 2. The molecule has 2 aromatic rings. The molecule has 0 fully saturated rings. The Morgan fingerprint density at radius 2 is 1.82 bits per heavy atom. The highest BCUT2D eigenvalue weighted by atomic mass is 35.5. The molecule has 0 bridgehead atoms. The van der Waals surface area contributed by atoms with Gasteiger partial charge in [-0.05, 0) is 31.5 Å². The molecular weight excluding hydrogens is 261 g/mol. The maximum atomic E-state index is 9.30. The van der Waals surface area contributed by atoms with Gasteiger partial charge in [-0.1, -0.05) is 28.4 Å². The Balaban J connectivity index is 2.68. The molecule has 0 aliphatic heterocycles. The quantitative estimate of drug-likeness (QED) is 0.905. The number of aromatic nitrogens is 1. The molecule has 17 heavy (non-hydrogen) atoms. The van der Waals surface area contributed by atoms with Crippen LogP contribution in [0.4, 0.5) is 0 Å². The second-order valence-corrected chi connectivity index (χ2v) is 4.64. The smallest absolute Gasteiger partial charge is 0.139 e. The van der Waals surface area contributed by atoms with Crippen LogP contribution in [0.5, 0.6) is 0 Å². The van der Waals surface area contributed by atoms with E-state index in [4.69, 9.17) is 27.7 Å². The van der Waals surface area contributed by atoms with Gasteiger partial charge in [-0.15, -0.1) is 0 Å². The normalized spacial score (nSPS) is 10.9. The third kappa shape index (κ3) is 2.18. The van der Waals surface area contributed by atoms with Gasteiger partial charge in [-0.2, -0.15) is 0 Å². The fourth-order valence-corrected chi connectivity index (χ4v) is 2.48. The molecule has 5 heteroatoms. The Labute approximate surface area is 109 Å². The van der Waals surface area contributed by atoms with Crippen LogP contribution in [0.2, 0.25) is 10.0 Å². The molecule has 0 saturated carbocycles. The maximum Gasteiger partial charge on any atom is 0.139 e. The number of halogens is 2. The summed E-state index contributed by atoms with van der Waals surface area (Å²) in [5.41, 5.74) is 2.67. The molecule has 0 amide bonds. The van der Waals surface area contributed by atoms with Crippen molar-refractivity contribution in [2.75, 3.05) is 0 Å². The molecule has 90 valence electrons. The summed E-state index contributed by atoms with van der Waals surface area (Å²) in [6, 6.07) is 3.60. The minimum atomic E-state index is -0.162. The molecule has 1 N–H and O–H groups in total. The highest BCUT2D eigenvalue weighted by Crippen LogP contribution is 2.37. The minimum Gasteiger partial charge on any atom is -0.391 e. The first-order valence-electron chi connectivity index (χ1n) is 5.06. The minimum absolute atomic E-state index is 0.162. The zero-order valence-corrected chi connectivity index (χ0v) is 10.9. The number of aliphatic hydroxyl groups excluding tert-OH is 1. The number of benzene rings is 1. The lowest BCUT2D eigenvalue weighted by Crippen LogP contribution is -1.91. The van der Waals surface area contributed by atoms with Gasteiger partial charge >= 0.3 is 0 Å². The van der Waals surface area contributed by atoms with Crippen LogP contribution in [0.25, 0.3) is 11.3 Å². The van der Waals surface area contributed by atoms with Crippen molar-refractivity contribution in [3.63, 3.8) is 0 Å². The van der Waals surface area contributed by atoms with Gasteiger partial charge in [0.1, 0.15) is 11.5 Å². The van der Waals surface area contributed by atoms with Crippen molar-refractivity contribution in [1.29, 1.82) is 0 Å². The van der Waals surface area contributed by atoms with Crippen molar-refractivity contribution in [3.05, 3.63) is 39.1 Å². The lowest BCUT2D eigenvalue weighted by Gasteiger charge is -2.06. The van der Waals surface area contributed by atoms with Gasteiger partial charge in [-0.25, -0.2) is 0 Å². The Bertz CT molecular complexity index is 541. The largest absolute Gasteiger partial charge is 0.391 e. The molecular formula is C12H11Cl2NO2. The first-order chi connectivity index (χ1) is 8.04. The Morgan fingerprint density at radius 1 is 1.24 bits per heavy atom. The molecule has 3 nitrogen and oxygen atoms in total. The lowest BCUT2D eigenvalue weighted by atomic mass is 10.0. The highest BCUT2D eigenvalue weighted by molar-refractivity contribution is 6.39. The van der Waals surface area contributed by atoms with E-state index in [0.717, 1.165) is 5.56 Å². The fraction of sp³-hybridized carbons (Fsp3) is 0.250. The van der Waals surface area contributed by atoms with Crippen LogP contribution in [0.1, 0.15) is 16.9 Å². The average Bonchev–Trinajstić information content (AvgIpc) is 2.58. The third-order valence-corrected chi connectivity index (χ3v) is 3.16. The first-order valence-corrected chi connectivity index (χ1v) is 5.82. The zero-order chi connectivity index (χ0) is 12.6. The van der Waals surface area contributed by atoms with E-state index in [1.165, 1.54) is 0 Å². The molecule has 0 atom stereocenters. The molecule has 0 radical (unpaired) electrons. The SMILES string of the molecule is Cc1cc(Cl)c(-c2noc(C)c2CO)c(Cl)c1. The molecule has 0 spiro atoms. The fourth-order valence-electron chi connectivity index (χ4n) is 1.70. The number of aryl methyl sites for hydroxylation is 2. The van der Waals surface area contributed by atoms with Gasteiger partial charge in [-0.3, -0.25) is 0 Å². The Morgan fingerprint density at radius 3 is 2.35 bits per heavy atom. The third-order valence-electron chi connectivity index (χ3n) is 2.57. The summed E-state index contributed by atoms with van der Waals surface area (Å²) in [6.45, 7) is 3.48. The van der Waals surface area contributed by atoms with Crippen LogP contribution in [-0.2, 0) is 6.61 Å². The van der Waals surface area contributed by atoms with Gasteiger partial charge < -0.3 is 9.63 Å². The number of hydrogen-bond acceptors (Lipinski definition) is 3. The van der Waals surface area contributed by atoms with E-state index in [1.54, 1.807) is 19.1 Å². The summed E-state index contributed by atoms with van der Waals surface area (Å²) in [4.78, 5) is 0. The van der Waals surface area contributed by atoms with E-state index >= 15 is 0 Å². The van der Waals surface area contributed by atoms with E-state index in [0.29, 0.717) is 32.6 Å². The highest BCUT2D eigenvalue weighted by Gasteiger charge is 2.19. The summed E-state index contributed by atoms with van der Waals surface area (Å²) in [6.07, 6.45) is 0. The zero-order valence-electron chi connectivity index (χ0n) is 9.42. The van der Waals surface area contributed by atoms with Crippen molar-refractivity contribution in [2.45, 2.75) is 20.5 Å². The van der Waals surface area contributed by atoms with Crippen LogP contribution in [0.15, 0.2) is 16.7 Å². The standard InChI is InChI=1S/C12H11Cl2NO2/c1-6-3-9(13)11(10(14)4-6)12-8(5-16)7(2)17-15-12/h3-4,16H,5H2,1-2H3. The first kappa shape index (κ1) is 12.4. The second kappa shape index (κ2) is 4.69. The summed E-state index contributed by atoms with van der Waals surface area (Å²) in [5.74, 6) is 0.565. The van der Waals surface area contributed by atoms with Crippen LogP contribution < -0.4 is 0 Å². The van der Waals surface area contributed by atoms with Crippen molar-refractivity contribution in [1.82, 2.24) is 5.16 Å². The average molecular weight is 272 g/mol. The molecule has 0 aliphatic rings. The predicted molar refractivity (Wildman–Crippen MR) is 67.4 cm³/mol. The molecule has 1 heterocycles. The summed E-state index contributed by atoms with van der Waals surface area (Å²) < 4.78 is 5.05. The predicted octanol–water partition coefficient (Wildman–Crippen LogP) is 3.76. The summed E-state index contributed by atoms with van der Waals surface area (Å²) in [7, 11) is 0. The number of aliphatic hydroxyl groups is 1. The molecule has 2 rings (SSSR count). The van der Waals surface area contributed by atoms with E-state index in [9.17, 15) is 5.11 Å². The van der Waals surface area contributed by atoms with E-state index in [2.05, 4.69) is 5.16 Å². The van der Waals surface area contributed by atoms with Gasteiger partial charge in [0.15, 0.2) is 0 Å². The van der Waals surface area contributed by atoms with Crippen molar-refractivity contribution in [2.24, 2.45) is 0 Å². The van der Waals surface area contributed by atoms with Gasteiger partial charge in [0, 0.05) is 11.1 Å². The monoisotopic (exact) mass is 271 g/mol. The number of hydrogen-bond donors (Lipinski definition) is 1. The van der Waals surface area contributed by atoms with Crippen molar-refractivity contribution >= 4 is 23.2 Å². The van der Waals surface area contributed by atoms with Crippen LogP contribution in [0.3, 0.4) is 0 Å². The molecule has 0 aliphatic carbocycles. The van der Waals surface area contributed by atoms with Gasteiger partial charge in [0.05, 0.1) is 16.7 Å². The van der Waals surface area contributed by atoms with E-state index in [-0.39, 0.29) is 6.61 Å². The Hall–Kier alpha value is -1.03. The molecule has 0 saturated heterocycles. The van der Waals surface area contributed by atoms with E-state index in [1.807, 2.05) is 6.92 Å². The summed E-state index contributed by atoms with van der Waals surface area (Å²) in [5, 5.41) is 14.2. The summed E-state index contributed by atoms with van der Waals surface area (Å²) >= 11 is 12.3. The molecule has 1 aromatic heterocycles. The topological polar surface area (TPSA) is 46.3 Å². The second-order valence-electron chi connectivity index (χ2n) is 3.83. The lowest BCUT2D eigenvalue weighted by molar-refractivity contribution is 0.278. The van der Waals surface area contributed by atoms with Gasteiger partial charge in [0.25, 0.3) is 0 Å². The van der Waals surface area contributed by atoms with Crippen LogP contribution >= 0.6 is 23.2 Å². The Kier molecular flexibility index (Phi) is 3.43. The number of nitrogens with zero attached hydrogens (tertiary/aromatic N) is 1. The van der Waals surface area contributed by atoms with Crippen LogP contribution in [-0.4, -0.2) is 10.3 Å². The van der Waals surface area contributed by atoms with Crippen molar-refractivity contribution in [3.8, 4) is 11.3 Å². The molecule has 1 aromatic carbocycles. The van der Waals surface area contributed by atoms with Crippen molar-refractivity contribution < 1.29 is 9.63 Å². The van der Waals surface area contributed by atoms with E-state index < -0.39 is 0 Å². The van der Waals surface area contributed by atoms with Gasteiger partial charge in [0.2, 0.25) is 0 Å². The molecule has 0 unspecified atom stereocenters. The maximum absolute atomic E-state index is 9.30.